The molecule has 1 fully saturated rings. The summed E-state index contributed by atoms with van der Waals surface area (Å²) in [5.74, 6) is 0. The van der Waals surface area contributed by atoms with Crippen molar-refractivity contribution in [1.29, 1.82) is 0 Å². The molecular formula is C19H22ClF3N2. The maximum absolute atomic E-state index is 12.8. The van der Waals surface area contributed by atoms with Crippen LogP contribution in [0.4, 0.5) is 18.9 Å². The zero-order chi connectivity index (χ0) is 17.0. The lowest BCUT2D eigenvalue weighted by Gasteiger charge is -2.36. The third kappa shape index (κ3) is 5.38. The molecule has 6 heteroatoms. The minimum absolute atomic E-state index is 0. The van der Waals surface area contributed by atoms with E-state index in [4.69, 9.17) is 0 Å². The number of piperazine rings is 1. The molecule has 0 N–H and O–H groups in total. The summed E-state index contributed by atoms with van der Waals surface area (Å²) < 4.78 is 38.5. The second-order valence-electron chi connectivity index (χ2n) is 6.11. The van der Waals surface area contributed by atoms with Gasteiger partial charge in [0.1, 0.15) is 0 Å². The smallest absolute Gasteiger partial charge is 0.369 e. The molecule has 3 rings (SSSR count). The molecule has 2 nitrogen and oxygen atoms in total. The summed E-state index contributed by atoms with van der Waals surface area (Å²) in [7, 11) is 0. The third-order valence-corrected chi connectivity index (χ3v) is 4.47. The van der Waals surface area contributed by atoms with Gasteiger partial charge in [-0.15, -0.1) is 12.4 Å². The van der Waals surface area contributed by atoms with Crippen LogP contribution < -0.4 is 4.90 Å². The Balaban J connectivity index is 0.00000225. The van der Waals surface area contributed by atoms with E-state index in [0.717, 1.165) is 45.2 Å². The van der Waals surface area contributed by atoms with Gasteiger partial charge in [-0.3, -0.25) is 4.90 Å². The van der Waals surface area contributed by atoms with Gasteiger partial charge < -0.3 is 4.90 Å². The number of nitrogens with zero attached hydrogens (tertiary/aromatic N) is 2. The fraction of sp³-hybridized carbons (Fsp3) is 0.368. The lowest BCUT2D eigenvalue weighted by molar-refractivity contribution is -0.137. The summed E-state index contributed by atoms with van der Waals surface area (Å²) in [6, 6.07) is 16.0. The fourth-order valence-electron chi connectivity index (χ4n) is 3.04. The molecule has 1 aliphatic rings. The SMILES string of the molecule is Cl.FC(F)(F)c1cccc(N2CCN(CCc3ccccc3)CC2)c1. The van der Waals surface area contributed by atoms with E-state index in [1.807, 2.05) is 23.1 Å². The summed E-state index contributed by atoms with van der Waals surface area (Å²) in [4.78, 5) is 4.41. The highest BCUT2D eigenvalue weighted by molar-refractivity contribution is 5.85. The molecule has 0 aromatic heterocycles. The average molecular weight is 371 g/mol. The van der Waals surface area contributed by atoms with Crippen molar-refractivity contribution in [2.75, 3.05) is 37.6 Å². The molecule has 2 aromatic rings. The minimum atomic E-state index is -4.28. The van der Waals surface area contributed by atoms with Crippen LogP contribution >= 0.6 is 12.4 Å². The van der Waals surface area contributed by atoms with Crippen molar-refractivity contribution in [3.05, 3.63) is 65.7 Å². The highest BCUT2D eigenvalue weighted by atomic mass is 35.5. The number of alkyl halides is 3. The van der Waals surface area contributed by atoms with E-state index in [1.54, 1.807) is 6.07 Å². The molecule has 1 aliphatic heterocycles. The monoisotopic (exact) mass is 370 g/mol. The van der Waals surface area contributed by atoms with Gasteiger partial charge in [-0.25, -0.2) is 0 Å². The maximum Gasteiger partial charge on any atom is 0.416 e. The Kier molecular flexibility index (Phi) is 6.73. The van der Waals surface area contributed by atoms with Gasteiger partial charge in [-0.05, 0) is 30.2 Å². The Hall–Kier alpha value is -1.72. The predicted molar refractivity (Wildman–Crippen MR) is 97.5 cm³/mol. The number of rotatable bonds is 4. The van der Waals surface area contributed by atoms with E-state index in [0.29, 0.717) is 5.69 Å². The first-order chi connectivity index (χ1) is 11.5. The van der Waals surface area contributed by atoms with Crippen LogP contribution in [-0.4, -0.2) is 37.6 Å². The van der Waals surface area contributed by atoms with Gasteiger partial charge in [0.15, 0.2) is 0 Å². The maximum atomic E-state index is 12.8. The lowest BCUT2D eigenvalue weighted by Crippen LogP contribution is -2.47. The van der Waals surface area contributed by atoms with Crippen molar-refractivity contribution in [3.8, 4) is 0 Å². The molecule has 1 saturated heterocycles. The Morgan fingerprint density at radius 1 is 0.840 bits per heavy atom. The van der Waals surface area contributed by atoms with Crippen molar-refractivity contribution in [3.63, 3.8) is 0 Å². The zero-order valence-electron chi connectivity index (χ0n) is 13.9. The number of hydrogen-bond acceptors (Lipinski definition) is 2. The summed E-state index contributed by atoms with van der Waals surface area (Å²) in [5, 5.41) is 0. The van der Waals surface area contributed by atoms with E-state index in [-0.39, 0.29) is 12.4 Å². The fourth-order valence-corrected chi connectivity index (χ4v) is 3.04. The van der Waals surface area contributed by atoms with Crippen LogP contribution in [0.15, 0.2) is 54.6 Å². The first-order valence-corrected chi connectivity index (χ1v) is 8.21. The van der Waals surface area contributed by atoms with E-state index in [1.165, 1.54) is 17.7 Å². The predicted octanol–water partition coefficient (Wildman–Crippen LogP) is 4.49. The first-order valence-electron chi connectivity index (χ1n) is 8.21. The normalized spacial score (nSPS) is 15.7. The van der Waals surface area contributed by atoms with E-state index >= 15 is 0 Å². The standard InChI is InChI=1S/C19H21F3N2.ClH/c20-19(21,22)17-7-4-8-18(15-17)24-13-11-23(12-14-24)10-9-16-5-2-1-3-6-16;/h1-8,15H,9-14H2;1H. The van der Waals surface area contributed by atoms with E-state index in [9.17, 15) is 13.2 Å². The molecule has 136 valence electrons. The van der Waals surface area contributed by atoms with Crippen molar-refractivity contribution >= 4 is 18.1 Å². The topological polar surface area (TPSA) is 6.48 Å². The molecule has 0 unspecified atom stereocenters. The second-order valence-corrected chi connectivity index (χ2v) is 6.11. The average Bonchev–Trinajstić information content (AvgIpc) is 2.61. The molecule has 1 heterocycles. The molecular weight excluding hydrogens is 349 g/mol. The van der Waals surface area contributed by atoms with Gasteiger partial charge in [0.2, 0.25) is 0 Å². The highest BCUT2D eigenvalue weighted by Crippen LogP contribution is 2.31. The summed E-state index contributed by atoms with van der Waals surface area (Å²) in [5.41, 5.74) is 1.40. The highest BCUT2D eigenvalue weighted by Gasteiger charge is 2.31. The zero-order valence-corrected chi connectivity index (χ0v) is 14.7. The van der Waals surface area contributed by atoms with Gasteiger partial charge in [0.05, 0.1) is 5.56 Å². The number of benzene rings is 2. The Bertz CT molecular complexity index is 653. The van der Waals surface area contributed by atoms with Crippen LogP contribution in [0.25, 0.3) is 0 Å². The van der Waals surface area contributed by atoms with E-state index in [2.05, 4.69) is 17.0 Å². The van der Waals surface area contributed by atoms with Gasteiger partial charge >= 0.3 is 6.18 Å². The number of hydrogen-bond donors (Lipinski definition) is 0. The summed E-state index contributed by atoms with van der Waals surface area (Å²) in [6.45, 7) is 4.26. The molecule has 0 radical (unpaired) electrons. The summed E-state index contributed by atoms with van der Waals surface area (Å²) in [6.07, 6.45) is -3.28. The van der Waals surface area contributed by atoms with Crippen molar-refractivity contribution < 1.29 is 13.2 Å². The molecule has 0 aliphatic carbocycles. The van der Waals surface area contributed by atoms with E-state index < -0.39 is 11.7 Å². The molecule has 0 amide bonds. The molecule has 0 atom stereocenters. The van der Waals surface area contributed by atoms with Crippen LogP contribution in [0.3, 0.4) is 0 Å². The summed E-state index contributed by atoms with van der Waals surface area (Å²) >= 11 is 0. The number of halogens is 4. The Morgan fingerprint density at radius 3 is 2.16 bits per heavy atom. The minimum Gasteiger partial charge on any atom is -0.369 e. The molecule has 0 saturated carbocycles. The van der Waals surface area contributed by atoms with Gasteiger partial charge in [0, 0.05) is 38.4 Å². The Morgan fingerprint density at radius 2 is 1.52 bits per heavy atom. The first kappa shape index (κ1) is 19.6. The third-order valence-electron chi connectivity index (χ3n) is 4.47. The van der Waals surface area contributed by atoms with Crippen LogP contribution in [0, 0.1) is 0 Å². The molecule has 0 spiro atoms. The van der Waals surface area contributed by atoms with Gasteiger partial charge in [-0.2, -0.15) is 13.2 Å². The second kappa shape index (κ2) is 8.59. The van der Waals surface area contributed by atoms with Gasteiger partial charge in [-0.1, -0.05) is 36.4 Å². The van der Waals surface area contributed by atoms with Crippen molar-refractivity contribution in [1.82, 2.24) is 4.90 Å². The van der Waals surface area contributed by atoms with Crippen molar-refractivity contribution in [2.45, 2.75) is 12.6 Å². The van der Waals surface area contributed by atoms with Crippen LogP contribution in [-0.2, 0) is 12.6 Å². The lowest BCUT2D eigenvalue weighted by atomic mass is 10.1. The number of anilines is 1. The van der Waals surface area contributed by atoms with Crippen LogP contribution in [0.2, 0.25) is 0 Å². The van der Waals surface area contributed by atoms with Crippen LogP contribution in [0.1, 0.15) is 11.1 Å². The Labute approximate surface area is 152 Å². The molecule has 0 bridgehead atoms. The molecule has 25 heavy (non-hydrogen) atoms. The van der Waals surface area contributed by atoms with Crippen LogP contribution in [0.5, 0.6) is 0 Å². The van der Waals surface area contributed by atoms with Crippen molar-refractivity contribution in [2.24, 2.45) is 0 Å². The quantitative estimate of drug-likeness (QED) is 0.782. The van der Waals surface area contributed by atoms with Gasteiger partial charge in [0.25, 0.3) is 0 Å². The largest absolute Gasteiger partial charge is 0.416 e. The molecule has 2 aromatic carbocycles.